The lowest BCUT2D eigenvalue weighted by molar-refractivity contribution is -0.115. The number of hydrogen-bond donors (Lipinski definition) is 1. The van der Waals surface area contributed by atoms with Gasteiger partial charge in [-0.15, -0.1) is 0 Å². The summed E-state index contributed by atoms with van der Waals surface area (Å²) >= 11 is 0. The number of nitrogens with zero attached hydrogens (tertiary/aromatic N) is 3. The standard InChI is InChI=1S/C29H40N4O2/c1-5-33(23-14-16-32(17-15-23)31(3)4)27-13-9-12-25-24(27)11-8-6-7-10-22-18-21(2)19-28(34)26(22)20-30-29(25)35/h6,8-9,12-13,18,23H,5,7,10-11,14-17,19-20H2,1-4H3,(H,30,35)/b8-6+. The minimum Gasteiger partial charge on any atom is -0.368 e. The number of nitrogens with one attached hydrogen (secondary N) is 1. The zero-order valence-electron chi connectivity index (χ0n) is 21.8. The van der Waals surface area contributed by atoms with Crippen molar-refractivity contribution in [3.8, 4) is 0 Å². The Labute approximate surface area is 210 Å². The molecule has 1 saturated heterocycles. The van der Waals surface area contributed by atoms with Crippen molar-refractivity contribution in [1.29, 1.82) is 0 Å². The van der Waals surface area contributed by atoms with Gasteiger partial charge in [0.05, 0.1) is 0 Å². The van der Waals surface area contributed by atoms with Crippen LogP contribution in [0.5, 0.6) is 0 Å². The van der Waals surface area contributed by atoms with Gasteiger partial charge in [0.1, 0.15) is 0 Å². The summed E-state index contributed by atoms with van der Waals surface area (Å²) in [7, 11) is 4.22. The molecule has 188 valence electrons. The van der Waals surface area contributed by atoms with Crippen LogP contribution in [0.1, 0.15) is 61.9 Å². The number of benzene rings is 1. The first kappa shape index (κ1) is 25.4. The molecule has 0 spiro atoms. The van der Waals surface area contributed by atoms with Gasteiger partial charge in [-0.1, -0.05) is 29.9 Å². The number of ketones is 1. The van der Waals surface area contributed by atoms with Gasteiger partial charge in [-0.3, -0.25) is 9.59 Å². The first-order valence-electron chi connectivity index (χ1n) is 13.0. The average Bonchev–Trinajstić information content (AvgIpc) is 2.83. The number of hydrogen-bond acceptors (Lipinski definition) is 5. The van der Waals surface area contributed by atoms with Gasteiger partial charge in [-0.05, 0) is 69.2 Å². The summed E-state index contributed by atoms with van der Waals surface area (Å²) in [5, 5.41) is 7.66. The predicted octanol–water partition coefficient (Wildman–Crippen LogP) is 4.29. The Morgan fingerprint density at radius 2 is 1.89 bits per heavy atom. The largest absolute Gasteiger partial charge is 0.368 e. The van der Waals surface area contributed by atoms with E-state index in [1.165, 1.54) is 0 Å². The van der Waals surface area contributed by atoms with E-state index in [1.807, 2.05) is 19.1 Å². The average molecular weight is 477 g/mol. The van der Waals surface area contributed by atoms with Crippen LogP contribution in [0.15, 0.2) is 53.1 Å². The Morgan fingerprint density at radius 1 is 1.11 bits per heavy atom. The Hall–Kier alpha value is -2.70. The molecule has 0 atom stereocenters. The van der Waals surface area contributed by atoms with E-state index in [9.17, 15) is 9.59 Å². The van der Waals surface area contributed by atoms with Gasteiger partial charge >= 0.3 is 0 Å². The van der Waals surface area contributed by atoms with Crippen LogP contribution in [0, 0.1) is 0 Å². The second kappa shape index (κ2) is 11.4. The van der Waals surface area contributed by atoms with Crippen molar-refractivity contribution < 1.29 is 9.59 Å². The zero-order chi connectivity index (χ0) is 24.9. The number of Topliss-reactive ketones (excluding diaryl/α,β-unsaturated/α-hetero) is 1. The number of fused-ring (bicyclic) bond motifs is 1. The Balaban J connectivity index is 1.63. The highest BCUT2D eigenvalue weighted by atomic mass is 16.2. The molecular formula is C29H40N4O2. The van der Waals surface area contributed by atoms with Crippen LogP contribution in [0.3, 0.4) is 0 Å². The first-order chi connectivity index (χ1) is 16.9. The van der Waals surface area contributed by atoms with Crippen LogP contribution >= 0.6 is 0 Å². The Bertz CT molecular complexity index is 1040. The van der Waals surface area contributed by atoms with E-state index < -0.39 is 0 Å². The first-order valence-corrected chi connectivity index (χ1v) is 13.0. The third kappa shape index (κ3) is 5.76. The van der Waals surface area contributed by atoms with E-state index in [0.29, 0.717) is 24.6 Å². The number of carbonyl (C=O) groups is 2. The van der Waals surface area contributed by atoms with Crippen LogP contribution < -0.4 is 10.2 Å². The molecule has 0 unspecified atom stereocenters. The molecule has 4 rings (SSSR count). The van der Waals surface area contributed by atoms with Crippen molar-refractivity contribution >= 4 is 17.4 Å². The summed E-state index contributed by atoms with van der Waals surface area (Å²) in [6.07, 6.45) is 11.6. The maximum Gasteiger partial charge on any atom is 0.251 e. The highest BCUT2D eigenvalue weighted by molar-refractivity contribution is 6.02. The molecule has 1 fully saturated rings. The monoisotopic (exact) mass is 476 g/mol. The number of carbonyl (C=O) groups excluding carboxylic acids is 2. The molecule has 2 aliphatic heterocycles. The van der Waals surface area contributed by atoms with Crippen molar-refractivity contribution in [2.45, 2.75) is 58.4 Å². The fourth-order valence-corrected chi connectivity index (χ4v) is 5.69. The number of hydrazine groups is 1. The number of allylic oxidation sites excluding steroid dienone is 5. The molecule has 6 nitrogen and oxygen atoms in total. The number of rotatable bonds is 4. The quantitative estimate of drug-likeness (QED) is 0.657. The van der Waals surface area contributed by atoms with Gasteiger partial charge < -0.3 is 10.2 Å². The lowest BCUT2D eigenvalue weighted by atomic mass is 9.89. The molecule has 1 aliphatic carbocycles. The van der Waals surface area contributed by atoms with Crippen molar-refractivity contribution in [3.05, 3.63) is 64.3 Å². The summed E-state index contributed by atoms with van der Waals surface area (Å²) in [4.78, 5) is 28.7. The summed E-state index contributed by atoms with van der Waals surface area (Å²) in [5.41, 5.74) is 5.89. The van der Waals surface area contributed by atoms with E-state index in [1.54, 1.807) is 0 Å². The second-order valence-corrected chi connectivity index (χ2v) is 10.1. The number of anilines is 1. The normalized spacial score (nSPS) is 21.5. The summed E-state index contributed by atoms with van der Waals surface area (Å²) in [6.45, 7) is 7.51. The summed E-state index contributed by atoms with van der Waals surface area (Å²) in [6, 6.07) is 6.56. The minimum atomic E-state index is -0.0970. The van der Waals surface area contributed by atoms with Crippen LogP contribution in [0.2, 0.25) is 0 Å². The van der Waals surface area contributed by atoms with Gasteiger partial charge in [0.15, 0.2) is 5.78 Å². The lowest BCUT2D eigenvalue weighted by Gasteiger charge is -2.42. The van der Waals surface area contributed by atoms with Crippen molar-refractivity contribution in [2.24, 2.45) is 0 Å². The number of amides is 1. The van der Waals surface area contributed by atoms with Gasteiger partial charge in [0.2, 0.25) is 0 Å². The van der Waals surface area contributed by atoms with Gasteiger partial charge in [-0.25, -0.2) is 10.0 Å². The third-order valence-corrected chi connectivity index (χ3v) is 7.57. The Kier molecular flexibility index (Phi) is 8.24. The molecule has 1 amide bonds. The molecule has 1 aromatic rings. The molecule has 0 saturated carbocycles. The molecule has 0 bridgehead atoms. The zero-order valence-corrected chi connectivity index (χ0v) is 21.8. The molecule has 0 aromatic heterocycles. The SMILES string of the molecule is CCN(c1cccc2c1C/C=C/CCC1=C(CNC2=O)C(=O)CC(C)=C1)C1CCN(N(C)C)CC1. The lowest BCUT2D eigenvalue weighted by Crippen LogP contribution is -2.49. The molecule has 1 aromatic carbocycles. The van der Waals surface area contributed by atoms with Gasteiger partial charge in [0.25, 0.3) is 5.91 Å². The van der Waals surface area contributed by atoms with Crippen molar-refractivity contribution in [2.75, 3.05) is 45.2 Å². The maximum atomic E-state index is 13.4. The molecule has 35 heavy (non-hydrogen) atoms. The molecule has 1 N–H and O–H groups in total. The second-order valence-electron chi connectivity index (χ2n) is 10.1. The minimum absolute atomic E-state index is 0.0970. The van der Waals surface area contributed by atoms with E-state index in [0.717, 1.165) is 79.7 Å². The highest BCUT2D eigenvalue weighted by Gasteiger charge is 2.28. The van der Waals surface area contributed by atoms with Gasteiger partial charge in [0, 0.05) is 69.6 Å². The maximum absolute atomic E-state index is 13.4. The van der Waals surface area contributed by atoms with Crippen LogP contribution in [-0.2, 0) is 11.2 Å². The van der Waals surface area contributed by atoms with Crippen molar-refractivity contribution in [1.82, 2.24) is 15.3 Å². The van der Waals surface area contributed by atoms with E-state index in [-0.39, 0.29) is 11.7 Å². The fourth-order valence-electron chi connectivity index (χ4n) is 5.69. The van der Waals surface area contributed by atoms with Crippen LogP contribution in [-0.4, -0.2) is 68.0 Å². The molecule has 0 radical (unpaired) electrons. The van der Waals surface area contributed by atoms with Gasteiger partial charge in [-0.2, -0.15) is 0 Å². The van der Waals surface area contributed by atoms with E-state index in [4.69, 9.17) is 0 Å². The molecular weight excluding hydrogens is 436 g/mol. The fraction of sp³-hybridized carbons (Fsp3) is 0.517. The number of piperidine rings is 1. The van der Waals surface area contributed by atoms with Crippen LogP contribution in [0.4, 0.5) is 5.69 Å². The van der Waals surface area contributed by atoms with E-state index in [2.05, 4.69) is 65.5 Å². The Morgan fingerprint density at radius 3 is 2.60 bits per heavy atom. The molecule has 2 heterocycles. The van der Waals surface area contributed by atoms with E-state index >= 15 is 0 Å². The third-order valence-electron chi connectivity index (χ3n) is 7.57. The predicted molar refractivity (Wildman–Crippen MR) is 143 cm³/mol. The van der Waals surface area contributed by atoms with Crippen molar-refractivity contribution in [3.63, 3.8) is 0 Å². The summed E-state index contributed by atoms with van der Waals surface area (Å²) in [5.74, 6) is 0.0387. The van der Waals surface area contributed by atoms with Crippen LogP contribution in [0.25, 0.3) is 0 Å². The molecule has 6 heteroatoms. The summed E-state index contributed by atoms with van der Waals surface area (Å²) < 4.78 is 0. The highest BCUT2D eigenvalue weighted by Crippen LogP contribution is 2.31. The topological polar surface area (TPSA) is 55.9 Å². The molecule has 3 aliphatic rings. The smallest absolute Gasteiger partial charge is 0.251 e.